The van der Waals surface area contributed by atoms with Gasteiger partial charge in [-0.1, -0.05) is 5.21 Å². The maximum absolute atomic E-state index is 12.1. The van der Waals surface area contributed by atoms with Crippen LogP contribution in [0.15, 0.2) is 12.4 Å². The summed E-state index contributed by atoms with van der Waals surface area (Å²) in [4.78, 5) is 37.9. The summed E-state index contributed by atoms with van der Waals surface area (Å²) < 4.78 is 1.74. The molecule has 1 atom stereocenters. The first-order valence-electron chi connectivity index (χ1n) is 6.62. The summed E-state index contributed by atoms with van der Waals surface area (Å²) in [5, 5.41) is 7.68. The highest BCUT2D eigenvalue weighted by Gasteiger charge is 2.34. The van der Waals surface area contributed by atoms with Gasteiger partial charge in [-0.25, -0.2) is 4.68 Å². The number of likely N-dealkylation sites (tertiary alicyclic amines) is 2. The molecule has 3 rings (SSSR count). The van der Waals surface area contributed by atoms with E-state index in [1.165, 1.54) is 0 Å². The zero-order valence-electron chi connectivity index (χ0n) is 10.9. The second-order valence-corrected chi connectivity index (χ2v) is 5.04. The van der Waals surface area contributed by atoms with Crippen molar-refractivity contribution in [3.8, 4) is 0 Å². The number of amides is 3. The fourth-order valence-electron chi connectivity index (χ4n) is 2.63. The standard InChI is InChI=1S/C12H15N5O3/c18-10-1-2-11(19)16(10)8-12(20)15-5-3-9(7-15)17-6-4-13-14-17/h4,6,9H,1-3,5,7-8H2. The molecule has 1 aromatic rings. The van der Waals surface area contributed by atoms with Crippen molar-refractivity contribution in [1.82, 2.24) is 24.8 Å². The van der Waals surface area contributed by atoms with Gasteiger partial charge in [0.25, 0.3) is 0 Å². The molecule has 0 spiro atoms. The average molecular weight is 277 g/mol. The summed E-state index contributed by atoms with van der Waals surface area (Å²) in [6.07, 6.45) is 4.61. The summed E-state index contributed by atoms with van der Waals surface area (Å²) in [6, 6.07) is 0.117. The molecule has 20 heavy (non-hydrogen) atoms. The number of hydrogen-bond donors (Lipinski definition) is 0. The quantitative estimate of drug-likeness (QED) is 0.675. The van der Waals surface area contributed by atoms with E-state index in [-0.39, 0.29) is 43.1 Å². The first-order chi connectivity index (χ1) is 9.65. The maximum Gasteiger partial charge on any atom is 0.242 e. The van der Waals surface area contributed by atoms with Crippen molar-refractivity contribution in [2.45, 2.75) is 25.3 Å². The number of carbonyl (C=O) groups excluding carboxylic acids is 3. The maximum atomic E-state index is 12.1. The first-order valence-corrected chi connectivity index (χ1v) is 6.62. The monoisotopic (exact) mass is 277 g/mol. The molecule has 1 aromatic heterocycles. The van der Waals surface area contributed by atoms with Gasteiger partial charge < -0.3 is 4.90 Å². The minimum absolute atomic E-state index is 0.117. The van der Waals surface area contributed by atoms with Crippen molar-refractivity contribution >= 4 is 17.7 Å². The number of aromatic nitrogens is 3. The third kappa shape index (κ3) is 2.28. The van der Waals surface area contributed by atoms with Gasteiger partial charge in [-0.2, -0.15) is 0 Å². The Morgan fingerprint density at radius 2 is 2.05 bits per heavy atom. The molecule has 2 aliphatic rings. The van der Waals surface area contributed by atoms with E-state index in [4.69, 9.17) is 0 Å². The predicted octanol–water partition coefficient (Wildman–Crippen LogP) is -0.799. The molecular weight excluding hydrogens is 262 g/mol. The van der Waals surface area contributed by atoms with Crippen LogP contribution in [0.25, 0.3) is 0 Å². The van der Waals surface area contributed by atoms with Crippen molar-refractivity contribution in [3.63, 3.8) is 0 Å². The molecule has 0 aromatic carbocycles. The van der Waals surface area contributed by atoms with Crippen LogP contribution in [0.5, 0.6) is 0 Å². The molecule has 0 radical (unpaired) electrons. The van der Waals surface area contributed by atoms with Crippen LogP contribution in [-0.4, -0.2) is 62.1 Å². The molecule has 8 heteroatoms. The molecule has 0 saturated carbocycles. The van der Waals surface area contributed by atoms with Crippen LogP contribution in [-0.2, 0) is 14.4 Å². The summed E-state index contributed by atoms with van der Waals surface area (Å²) >= 11 is 0. The molecular formula is C12H15N5O3. The highest BCUT2D eigenvalue weighted by molar-refractivity contribution is 6.04. The molecule has 3 amide bonds. The molecule has 0 N–H and O–H groups in total. The summed E-state index contributed by atoms with van der Waals surface area (Å²) in [6.45, 7) is 1.01. The van der Waals surface area contributed by atoms with E-state index < -0.39 is 0 Å². The Hall–Kier alpha value is -2.25. The van der Waals surface area contributed by atoms with E-state index >= 15 is 0 Å². The molecule has 0 bridgehead atoms. The Kier molecular flexibility index (Phi) is 3.21. The molecule has 1 unspecified atom stereocenters. The predicted molar refractivity (Wildman–Crippen MR) is 66.2 cm³/mol. The smallest absolute Gasteiger partial charge is 0.242 e. The Labute approximate surface area is 115 Å². The minimum Gasteiger partial charge on any atom is -0.339 e. The van der Waals surface area contributed by atoms with Crippen LogP contribution in [0.2, 0.25) is 0 Å². The van der Waals surface area contributed by atoms with Crippen molar-refractivity contribution < 1.29 is 14.4 Å². The summed E-state index contributed by atoms with van der Waals surface area (Å²) in [7, 11) is 0. The lowest BCUT2D eigenvalue weighted by atomic mass is 10.3. The van der Waals surface area contributed by atoms with Crippen LogP contribution in [0.3, 0.4) is 0 Å². The second-order valence-electron chi connectivity index (χ2n) is 5.04. The van der Waals surface area contributed by atoms with Crippen LogP contribution < -0.4 is 0 Å². The molecule has 2 fully saturated rings. The zero-order valence-corrected chi connectivity index (χ0v) is 10.9. The molecule has 0 aliphatic carbocycles. The highest BCUT2D eigenvalue weighted by Crippen LogP contribution is 2.21. The van der Waals surface area contributed by atoms with Crippen LogP contribution in [0.1, 0.15) is 25.3 Å². The molecule has 2 aliphatic heterocycles. The van der Waals surface area contributed by atoms with Gasteiger partial charge in [0.1, 0.15) is 6.54 Å². The van der Waals surface area contributed by atoms with Crippen molar-refractivity contribution in [2.24, 2.45) is 0 Å². The Balaban J connectivity index is 1.59. The van der Waals surface area contributed by atoms with Gasteiger partial charge in [0.2, 0.25) is 17.7 Å². The molecule has 3 heterocycles. The lowest BCUT2D eigenvalue weighted by Gasteiger charge is -2.20. The van der Waals surface area contributed by atoms with E-state index in [0.29, 0.717) is 13.1 Å². The normalized spacial score (nSPS) is 22.9. The number of rotatable bonds is 3. The van der Waals surface area contributed by atoms with Gasteiger partial charge in [0, 0.05) is 32.1 Å². The Bertz CT molecular complexity index is 525. The van der Waals surface area contributed by atoms with E-state index in [2.05, 4.69) is 10.3 Å². The molecule has 106 valence electrons. The summed E-state index contributed by atoms with van der Waals surface area (Å²) in [5.74, 6) is -0.693. The number of nitrogens with zero attached hydrogens (tertiary/aromatic N) is 5. The average Bonchev–Trinajstić information content (AvgIpc) is 3.14. The lowest BCUT2D eigenvalue weighted by Crippen LogP contribution is -2.41. The van der Waals surface area contributed by atoms with E-state index in [1.807, 2.05) is 0 Å². The minimum atomic E-state index is -0.254. The topological polar surface area (TPSA) is 88.4 Å². The van der Waals surface area contributed by atoms with Crippen LogP contribution in [0, 0.1) is 0 Å². The number of carbonyl (C=O) groups is 3. The van der Waals surface area contributed by atoms with Gasteiger partial charge in [0.15, 0.2) is 0 Å². The van der Waals surface area contributed by atoms with Crippen molar-refractivity contribution in [3.05, 3.63) is 12.4 Å². The molecule has 2 saturated heterocycles. The van der Waals surface area contributed by atoms with Gasteiger partial charge in [-0.3, -0.25) is 19.3 Å². The fraction of sp³-hybridized carbons (Fsp3) is 0.583. The van der Waals surface area contributed by atoms with E-state index in [9.17, 15) is 14.4 Å². The first kappa shape index (κ1) is 12.8. The molecule has 8 nitrogen and oxygen atoms in total. The van der Waals surface area contributed by atoms with Crippen LogP contribution in [0.4, 0.5) is 0 Å². The van der Waals surface area contributed by atoms with E-state index in [1.54, 1.807) is 22.0 Å². The van der Waals surface area contributed by atoms with E-state index in [0.717, 1.165) is 11.3 Å². The lowest BCUT2D eigenvalue weighted by molar-refractivity contribution is -0.145. The van der Waals surface area contributed by atoms with Gasteiger partial charge >= 0.3 is 0 Å². The van der Waals surface area contributed by atoms with Gasteiger partial charge in [0.05, 0.1) is 12.2 Å². The summed E-state index contributed by atoms with van der Waals surface area (Å²) in [5.41, 5.74) is 0. The Morgan fingerprint density at radius 3 is 2.70 bits per heavy atom. The largest absolute Gasteiger partial charge is 0.339 e. The second kappa shape index (κ2) is 5.03. The van der Waals surface area contributed by atoms with Crippen molar-refractivity contribution in [1.29, 1.82) is 0 Å². The fourth-order valence-corrected chi connectivity index (χ4v) is 2.63. The zero-order chi connectivity index (χ0) is 14.1. The third-order valence-electron chi connectivity index (χ3n) is 3.78. The number of hydrogen-bond acceptors (Lipinski definition) is 5. The van der Waals surface area contributed by atoms with Gasteiger partial charge in [-0.05, 0) is 6.42 Å². The third-order valence-corrected chi connectivity index (χ3v) is 3.78. The van der Waals surface area contributed by atoms with Gasteiger partial charge in [-0.15, -0.1) is 5.10 Å². The van der Waals surface area contributed by atoms with Crippen LogP contribution >= 0.6 is 0 Å². The Morgan fingerprint density at radius 1 is 1.30 bits per heavy atom. The SMILES string of the molecule is O=C(CN1C(=O)CCC1=O)N1CCC(n2ccnn2)C1. The number of imide groups is 1. The highest BCUT2D eigenvalue weighted by atomic mass is 16.2. The van der Waals surface area contributed by atoms with Crippen molar-refractivity contribution in [2.75, 3.05) is 19.6 Å².